The number of carbonyl (C=O) groups is 2. The Labute approximate surface area is 277 Å². The molecule has 0 saturated heterocycles. The molecule has 2 amide bonds. The molecule has 1 aliphatic heterocycles. The normalized spacial score (nSPS) is 23.2. The number of nitrogens with one attached hydrogen (secondary N) is 1. The first-order chi connectivity index (χ1) is 22.3. The molecule has 262 valence electrons. The number of nitrogens with two attached hydrogens (primary N) is 1. The molecule has 1 aliphatic carbocycles. The highest BCUT2D eigenvalue weighted by molar-refractivity contribution is 8.16. The standard InChI is InChI=1S/C30H35F6N5O5SSi/c1-28(21-12-29(21,26(42)38-2)47-23(41-28)24(46-27(37)43)44-8-9-48(3,4)5)17-10-16(6-7-18(17)31)11-19(32)20-13-40-22(14-39-20)45-15-30(35,36)25(33)34/h6-7,10-11,13-14,21,24-25H,8-9,12,15H2,1-5H3,(H2,37,43)(H,38,42)/b19-11-/t21-,24?,28+,29-/m0/s1. The molecule has 18 heteroatoms. The molecule has 0 bridgehead atoms. The van der Waals surface area contributed by atoms with Crippen molar-refractivity contribution in [1.29, 1.82) is 0 Å². The van der Waals surface area contributed by atoms with E-state index in [0.717, 1.165) is 36.3 Å². The van der Waals surface area contributed by atoms with Crippen LogP contribution >= 0.6 is 11.8 Å². The second-order valence-electron chi connectivity index (χ2n) is 12.7. The number of alkyl halides is 4. The number of hydrogen-bond donors (Lipinski definition) is 2. The molecule has 2 aliphatic rings. The highest BCUT2D eigenvalue weighted by Crippen LogP contribution is 2.66. The van der Waals surface area contributed by atoms with E-state index in [9.17, 15) is 27.2 Å². The number of benzene rings is 1. The second-order valence-corrected chi connectivity index (χ2v) is 19.7. The van der Waals surface area contributed by atoms with E-state index in [1.165, 1.54) is 19.2 Å². The number of aromatic nitrogens is 2. The van der Waals surface area contributed by atoms with Gasteiger partial charge in [0.1, 0.15) is 21.3 Å². The van der Waals surface area contributed by atoms with Gasteiger partial charge in [-0.2, -0.15) is 8.78 Å². The minimum Gasteiger partial charge on any atom is -0.470 e. The molecule has 1 unspecified atom stereocenters. The van der Waals surface area contributed by atoms with Gasteiger partial charge in [0.25, 0.3) is 6.29 Å². The lowest BCUT2D eigenvalue weighted by molar-refractivity contribution is -0.148. The quantitative estimate of drug-likeness (QED) is 0.138. The van der Waals surface area contributed by atoms with Crippen molar-refractivity contribution in [2.75, 3.05) is 20.3 Å². The molecule has 4 rings (SSSR count). The van der Waals surface area contributed by atoms with Gasteiger partial charge in [0.05, 0.1) is 17.9 Å². The van der Waals surface area contributed by atoms with Gasteiger partial charge in [-0.15, -0.1) is 0 Å². The number of carbonyl (C=O) groups excluding carboxylic acids is 2. The summed E-state index contributed by atoms with van der Waals surface area (Å²) in [5.41, 5.74) is 3.77. The largest absolute Gasteiger partial charge is 0.470 e. The van der Waals surface area contributed by atoms with Crippen LogP contribution in [0.5, 0.6) is 5.88 Å². The Morgan fingerprint density at radius 1 is 1.23 bits per heavy atom. The maximum atomic E-state index is 15.6. The third kappa shape index (κ3) is 8.31. The molecule has 2 heterocycles. The highest BCUT2D eigenvalue weighted by Gasteiger charge is 2.71. The van der Waals surface area contributed by atoms with Crippen molar-refractivity contribution >= 4 is 48.8 Å². The number of nitrogens with zero attached hydrogens (tertiary/aromatic N) is 3. The summed E-state index contributed by atoms with van der Waals surface area (Å²) in [5.74, 6) is -7.44. The monoisotopic (exact) mass is 719 g/mol. The SMILES string of the molecule is CNC(=O)[C@]12C[C@H]1[C@@](C)(c1cc(/C=C(\F)c3cnc(OCC(F)(F)C(F)F)cn3)ccc1F)N=C(C(OCC[Si](C)(C)C)OC(N)=O)S2. The van der Waals surface area contributed by atoms with Gasteiger partial charge in [-0.3, -0.25) is 9.79 Å². The lowest BCUT2D eigenvalue weighted by Crippen LogP contribution is -2.45. The predicted molar refractivity (Wildman–Crippen MR) is 170 cm³/mol. The molecule has 3 N–H and O–H groups in total. The molecule has 10 nitrogen and oxygen atoms in total. The topological polar surface area (TPSA) is 138 Å². The van der Waals surface area contributed by atoms with Crippen molar-refractivity contribution < 1.29 is 50.1 Å². The molecule has 0 radical (unpaired) electrons. The lowest BCUT2D eigenvalue weighted by atomic mass is 9.84. The summed E-state index contributed by atoms with van der Waals surface area (Å²) in [6.45, 7) is 6.58. The Morgan fingerprint density at radius 3 is 2.52 bits per heavy atom. The molecule has 2 aromatic rings. The molecule has 0 spiro atoms. The number of ether oxygens (including phenoxy) is 3. The predicted octanol–water partition coefficient (Wildman–Crippen LogP) is 6.00. The Bertz CT molecular complexity index is 1590. The number of primary amides is 1. The summed E-state index contributed by atoms with van der Waals surface area (Å²) >= 11 is 1.06. The second kappa shape index (κ2) is 14.1. The van der Waals surface area contributed by atoms with Crippen LogP contribution < -0.4 is 15.8 Å². The van der Waals surface area contributed by atoms with Gasteiger partial charge in [-0.1, -0.05) is 37.5 Å². The van der Waals surface area contributed by atoms with E-state index >= 15 is 8.78 Å². The number of rotatable bonds is 14. The van der Waals surface area contributed by atoms with Gasteiger partial charge in [0, 0.05) is 33.2 Å². The fraction of sp³-hybridized carbons (Fsp3) is 0.500. The molecule has 1 fully saturated rings. The first kappa shape index (κ1) is 37.2. The molecule has 1 saturated carbocycles. The van der Waals surface area contributed by atoms with Crippen molar-refractivity contribution in [3.63, 3.8) is 0 Å². The molecule has 48 heavy (non-hydrogen) atoms. The van der Waals surface area contributed by atoms with E-state index in [0.29, 0.717) is 12.5 Å². The van der Waals surface area contributed by atoms with Crippen LogP contribution in [0, 0.1) is 11.7 Å². The number of halogens is 6. The van der Waals surface area contributed by atoms with Crippen LogP contribution in [0.1, 0.15) is 30.2 Å². The lowest BCUT2D eigenvalue weighted by Gasteiger charge is -2.36. The van der Waals surface area contributed by atoms with Crippen molar-refractivity contribution in [2.45, 2.75) is 68.0 Å². The van der Waals surface area contributed by atoms with Gasteiger partial charge < -0.3 is 25.3 Å². The van der Waals surface area contributed by atoms with E-state index < -0.39 is 73.1 Å². The zero-order chi connectivity index (χ0) is 35.7. The Morgan fingerprint density at radius 2 is 1.94 bits per heavy atom. The number of aliphatic imine (C=N–C) groups is 1. The van der Waals surface area contributed by atoms with Crippen LogP contribution in [0.25, 0.3) is 11.9 Å². The molecule has 1 aromatic heterocycles. The van der Waals surface area contributed by atoms with E-state index in [-0.39, 0.29) is 34.4 Å². The van der Waals surface area contributed by atoms with E-state index in [2.05, 4.69) is 39.7 Å². The Balaban J connectivity index is 1.66. The zero-order valence-electron chi connectivity index (χ0n) is 26.7. The Kier molecular flexibility index (Phi) is 10.9. The third-order valence-electron chi connectivity index (χ3n) is 7.81. The molecular weight excluding hydrogens is 685 g/mol. The van der Waals surface area contributed by atoms with Crippen molar-refractivity contribution in [3.05, 3.63) is 53.2 Å². The average molecular weight is 720 g/mol. The first-order valence-corrected chi connectivity index (χ1v) is 19.2. The van der Waals surface area contributed by atoms with E-state index in [1.54, 1.807) is 6.92 Å². The van der Waals surface area contributed by atoms with Gasteiger partial charge in [-0.05, 0) is 43.2 Å². The summed E-state index contributed by atoms with van der Waals surface area (Å²) in [5, 5.41) is 2.75. The summed E-state index contributed by atoms with van der Waals surface area (Å²) in [7, 11) is -0.103. The fourth-order valence-corrected chi connectivity index (χ4v) is 7.47. The van der Waals surface area contributed by atoms with Crippen molar-refractivity contribution in [1.82, 2.24) is 15.3 Å². The Hall–Kier alpha value is -3.64. The number of amides is 2. The summed E-state index contributed by atoms with van der Waals surface area (Å²) in [6.07, 6.45) is -3.49. The van der Waals surface area contributed by atoms with E-state index in [1.807, 2.05) is 0 Å². The van der Waals surface area contributed by atoms with Crippen LogP contribution in [0.15, 0.2) is 35.6 Å². The van der Waals surface area contributed by atoms with Gasteiger partial charge in [-0.25, -0.2) is 32.3 Å². The van der Waals surface area contributed by atoms with E-state index in [4.69, 9.17) is 20.2 Å². The van der Waals surface area contributed by atoms with Gasteiger partial charge in [0.15, 0.2) is 12.4 Å². The third-order valence-corrected chi connectivity index (χ3v) is 11.0. The van der Waals surface area contributed by atoms with Crippen LogP contribution in [-0.2, 0) is 19.8 Å². The van der Waals surface area contributed by atoms with Crippen LogP contribution in [0.3, 0.4) is 0 Å². The molecule has 1 aromatic carbocycles. The van der Waals surface area contributed by atoms with Gasteiger partial charge in [0.2, 0.25) is 11.8 Å². The number of fused-ring (bicyclic) bond motifs is 1. The van der Waals surface area contributed by atoms with Crippen molar-refractivity contribution in [3.8, 4) is 5.88 Å². The number of hydrogen-bond acceptors (Lipinski definition) is 9. The van der Waals surface area contributed by atoms with Crippen LogP contribution in [0.4, 0.5) is 31.1 Å². The van der Waals surface area contributed by atoms with Crippen LogP contribution in [-0.4, -0.2) is 78.7 Å². The van der Waals surface area contributed by atoms with Crippen LogP contribution in [0.2, 0.25) is 25.7 Å². The summed E-state index contributed by atoms with van der Waals surface area (Å²) in [6, 6.07) is 4.46. The minimum atomic E-state index is -4.42. The van der Waals surface area contributed by atoms with Crippen molar-refractivity contribution in [2.24, 2.45) is 16.6 Å². The highest BCUT2D eigenvalue weighted by atomic mass is 32.2. The number of thioether (sulfide) groups is 1. The summed E-state index contributed by atoms with van der Waals surface area (Å²) < 4.78 is 96.5. The average Bonchev–Trinajstić information content (AvgIpc) is 3.76. The summed E-state index contributed by atoms with van der Waals surface area (Å²) in [4.78, 5) is 37.2. The molecule has 4 atom stereocenters. The first-order valence-electron chi connectivity index (χ1n) is 14.7. The smallest absolute Gasteiger partial charge is 0.407 e. The molecular formula is C30H35F6N5O5SSi. The van der Waals surface area contributed by atoms with Gasteiger partial charge >= 0.3 is 18.4 Å². The fourth-order valence-electron chi connectivity index (χ4n) is 5.11. The minimum absolute atomic E-state index is 0.0207. The maximum absolute atomic E-state index is 15.6. The zero-order valence-corrected chi connectivity index (χ0v) is 28.5. The maximum Gasteiger partial charge on any atom is 0.407 e.